The number of esters is 2. The minimum absolute atomic E-state index is 0.191. The molecule has 9 heteroatoms. The number of rotatable bonds is 12. The minimum Gasteiger partial charge on any atom is -0.493 e. The molecule has 0 fully saturated rings. The largest absolute Gasteiger partial charge is 0.493 e. The summed E-state index contributed by atoms with van der Waals surface area (Å²) in [6.07, 6.45) is 0. The van der Waals surface area contributed by atoms with Crippen LogP contribution in [0, 0.1) is 0 Å². The van der Waals surface area contributed by atoms with Crippen LogP contribution in [0.1, 0.15) is 34.6 Å². The van der Waals surface area contributed by atoms with Crippen molar-refractivity contribution in [3.8, 4) is 23.0 Å². The van der Waals surface area contributed by atoms with Crippen molar-refractivity contribution in [2.45, 2.75) is 13.8 Å². The molecule has 0 saturated heterocycles. The van der Waals surface area contributed by atoms with Gasteiger partial charge in [0.25, 0.3) is 0 Å². The van der Waals surface area contributed by atoms with E-state index in [1.54, 1.807) is 12.1 Å². The predicted octanol–water partition coefficient (Wildman–Crippen LogP) is 3.08. The maximum absolute atomic E-state index is 12.2. The lowest BCUT2D eigenvalue weighted by atomic mass is 10.2. The average Bonchev–Trinajstić information content (AvgIpc) is 2.81. The van der Waals surface area contributed by atoms with Crippen molar-refractivity contribution in [1.82, 2.24) is 0 Å². The van der Waals surface area contributed by atoms with Gasteiger partial charge < -0.3 is 28.4 Å². The third kappa shape index (κ3) is 6.63. The first-order valence-electron chi connectivity index (χ1n) is 9.91. The Kier molecular flexibility index (Phi) is 9.34. The molecule has 0 spiro atoms. The maximum Gasteiger partial charge on any atom is 0.338 e. The van der Waals surface area contributed by atoms with Crippen LogP contribution >= 0.6 is 0 Å². The van der Waals surface area contributed by atoms with Gasteiger partial charge >= 0.3 is 11.9 Å². The third-order valence-electron chi connectivity index (χ3n) is 4.13. The first-order chi connectivity index (χ1) is 15.4. The van der Waals surface area contributed by atoms with E-state index in [1.807, 2.05) is 13.8 Å². The predicted molar refractivity (Wildman–Crippen MR) is 114 cm³/mol. The van der Waals surface area contributed by atoms with E-state index >= 15 is 0 Å². The van der Waals surface area contributed by atoms with Crippen LogP contribution in [0.5, 0.6) is 23.0 Å². The number of ether oxygens (including phenoxy) is 6. The fourth-order valence-electron chi connectivity index (χ4n) is 2.64. The third-order valence-corrected chi connectivity index (χ3v) is 4.13. The molecule has 0 bridgehead atoms. The highest BCUT2D eigenvalue weighted by Crippen LogP contribution is 2.29. The molecule has 0 N–H and O–H groups in total. The van der Waals surface area contributed by atoms with Crippen LogP contribution in [0.3, 0.4) is 0 Å². The van der Waals surface area contributed by atoms with Gasteiger partial charge in [0.2, 0.25) is 5.78 Å². The topological polar surface area (TPSA) is 107 Å². The molecule has 2 aromatic carbocycles. The first-order valence-corrected chi connectivity index (χ1v) is 9.91. The van der Waals surface area contributed by atoms with Crippen LogP contribution in [0.2, 0.25) is 0 Å². The Bertz CT molecular complexity index is 877. The Morgan fingerprint density at radius 2 is 1.06 bits per heavy atom. The number of hydrogen-bond acceptors (Lipinski definition) is 9. The monoisotopic (exact) mass is 446 g/mol. The van der Waals surface area contributed by atoms with Crippen molar-refractivity contribution in [1.29, 1.82) is 0 Å². The van der Waals surface area contributed by atoms with Crippen LogP contribution < -0.4 is 18.9 Å². The highest BCUT2D eigenvalue weighted by Gasteiger charge is 2.17. The number of benzene rings is 2. The lowest BCUT2D eigenvalue weighted by molar-refractivity contribution is -0.125. The SMILES string of the molecule is CCOc1ccc(C(=O)OCC(=O)COC(=O)c2ccc(OCC)c(OC)c2)cc1OC. The summed E-state index contributed by atoms with van der Waals surface area (Å²) in [5.41, 5.74) is 0.383. The Labute approximate surface area is 186 Å². The molecule has 172 valence electrons. The number of ketones is 1. The molecule has 0 amide bonds. The van der Waals surface area contributed by atoms with E-state index in [2.05, 4.69) is 0 Å². The second kappa shape index (κ2) is 12.2. The zero-order valence-electron chi connectivity index (χ0n) is 18.5. The van der Waals surface area contributed by atoms with Crippen LogP contribution in [0.4, 0.5) is 0 Å². The highest BCUT2D eigenvalue weighted by atomic mass is 16.6. The van der Waals surface area contributed by atoms with Crippen LogP contribution in [-0.4, -0.2) is 58.4 Å². The molecule has 0 atom stereocenters. The standard InChI is InChI=1S/C23H26O9/c1-5-29-18-9-7-15(11-20(18)27-3)22(25)31-13-17(24)14-32-23(26)16-8-10-19(30-6-2)21(12-16)28-4/h7-12H,5-6,13-14H2,1-4H3. The van der Waals surface area contributed by atoms with Gasteiger partial charge in [0.15, 0.2) is 36.2 Å². The molecule has 2 aromatic rings. The summed E-state index contributed by atoms with van der Waals surface area (Å²) in [5, 5.41) is 0. The summed E-state index contributed by atoms with van der Waals surface area (Å²) in [6.45, 7) is 3.44. The molecule has 32 heavy (non-hydrogen) atoms. The number of carbonyl (C=O) groups is 3. The van der Waals surface area contributed by atoms with E-state index < -0.39 is 30.9 Å². The lowest BCUT2D eigenvalue weighted by Gasteiger charge is -2.11. The Morgan fingerprint density at radius 1 is 0.656 bits per heavy atom. The molecule has 0 saturated carbocycles. The highest BCUT2D eigenvalue weighted by molar-refractivity contribution is 5.94. The molecule has 0 aliphatic rings. The average molecular weight is 446 g/mol. The molecule has 9 nitrogen and oxygen atoms in total. The molecule has 0 aromatic heterocycles. The number of carbonyl (C=O) groups excluding carboxylic acids is 3. The van der Waals surface area contributed by atoms with Gasteiger partial charge in [0, 0.05) is 0 Å². The molecule has 0 aliphatic heterocycles. The second-order valence-corrected chi connectivity index (χ2v) is 6.29. The fourth-order valence-corrected chi connectivity index (χ4v) is 2.64. The number of hydrogen-bond donors (Lipinski definition) is 0. The van der Waals surface area contributed by atoms with Gasteiger partial charge in [-0.2, -0.15) is 0 Å². The molecule has 0 radical (unpaired) electrons. The van der Waals surface area contributed by atoms with Gasteiger partial charge in [-0.15, -0.1) is 0 Å². The van der Waals surface area contributed by atoms with E-state index in [-0.39, 0.29) is 11.1 Å². The quantitative estimate of drug-likeness (QED) is 0.455. The zero-order valence-corrected chi connectivity index (χ0v) is 18.5. The van der Waals surface area contributed by atoms with Crippen molar-refractivity contribution in [2.24, 2.45) is 0 Å². The van der Waals surface area contributed by atoms with Crippen LogP contribution in [-0.2, 0) is 14.3 Å². The number of Topliss-reactive ketones (excluding diaryl/α,β-unsaturated/α-hetero) is 1. The Morgan fingerprint density at radius 3 is 1.41 bits per heavy atom. The summed E-state index contributed by atoms with van der Waals surface area (Å²) in [4.78, 5) is 36.4. The van der Waals surface area contributed by atoms with Crippen LogP contribution in [0.15, 0.2) is 36.4 Å². The van der Waals surface area contributed by atoms with Gasteiger partial charge in [0.1, 0.15) is 0 Å². The summed E-state index contributed by atoms with van der Waals surface area (Å²) in [7, 11) is 2.90. The van der Waals surface area contributed by atoms with Crippen molar-refractivity contribution < 1.29 is 42.8 Å². The van der Waals surface area contributed by atoms with E-state index in [1.165, 1.54) is 38.5 Å². The summed E-state index contributed by atoms with van der Waals surface area (Å²) in [5.74, 6) is -0.312. The van der Waals surface area contributed by atoms with Crippen molar-refractivity contribution >= 4 is 17.7 Å². The molecule has 0 unspecified atom stereocenters. The smallest absolute Gasteiger partial charge is 0.338 e. The normalized spacial score (nSPS) is 10.1. The molecule has 0 heterocycles. The van der Waals surface area contributed by atoms with E-state index in [4.69, 9.17) is 28.4 Å². The lowest BCUT2D eigenvalue weighted by Crippen LogP contribution is -2.20. The van der Waals surface area contributed by atoms with Gasteiger partial charge in [-0.25, -0.2) is 9.59 Å². The van der Waals surface area contributed by atoms with Crippen molar-refractivity contribution in [2.75, 3.05) is 40.6 Å². The summed E-state index contributed by atoms with van der Waals surface area (Å²) < 4.78 is 31.1. The van der Waals surface area contributed by atoms with E-state index in [0.717, 1.165) is 0 Å². The summed E-state index contributed by atoms with van der Waals surface area (Å²) >= 11 is 0. The number of methoxy groups -OCH3 is 2. The molecule has 2 rings (SSSR count). The van der Waals surface area contributed by atoms with E-state index in [9.17, 15) is 14.4 Å². The van der Waals surface area contributed by atoms with Gasteiger partial charge in [-0.3, -0.25) is 4.79 Å². The minimum atomic E-state index is -0.720. The van der Waals surface area contributed by atoms with Crippen molar-refractivity contribution in [3.05, 3.63) is 47.5 Å². The summed E-state index contributed by atoms with van der Waals surface area (Å²) in [6, 6.07) is 9.06. The van der Waals surface area contributed by atoms with E-state index in [0.29, 0.717) is 36.2 Å². The Balaban J connectivity index is 1.88. The second-order valence-electron chi connectivity index (χ2n) is 6.29. The Hall–Kier alpha value is -3.75. The van der Waals surface area contributed by atoms with Gasteiger partial charge in [-0.05, 0) is 50.2 Å². The molecule has 0 aliphatic carbocycles. The maximum atomic E-state index is 12.2. The van der Waals surface area contributed by atoms with Gasteiger partial charge in [0.05, 0.1) is 38.6 Å². The molecular weight excluding hydrogens is 420 g/mol. The first kappa shape index (κ1) is 24.5. The molecular formula is C23H26O9. The van der Waals surface area contributed by atoms with Gasteiger partial charge in [-0.1, -0.05) is 0 Å². The zero-order chi connectivity index (χ0) is 23.5. The van der Waals surface area contributed by atoms with Crippen molar-refractivity contribution in [3.63, 3.8) is 0 Å². The fraction of sp³-hybridized carbons (Fsp3) is 0.348. The van der Waals surface area contributed by atoms with Crippen LogP contribution in [0.25, 0.3) is 0 Å².